The molecule has 0 saturated heterocycles. The minimum Gasteiger partial charge on any atom is -0.360 e. The van der Waals surface area contributed by atoms with Gasteiger partial charge in [-0.15, -0.1) is 0 Å². The van der Waals surface area contributed by atoms with Crippen molar-refractivity contribution in [3.63, 3.8) is 0 Å². The first kappa shape index (κ1) is 16.7. The molecule has 1 aliphatic carbocycles. The third kappa shape index (κ3) is 4.93. The van der Waals surface area contributed by atoms with Crippen molar-refractivity contribution in [3.05, 3.63) is 48.2 Å². The molecule has 0 unspecified atom stereocenters. The van der Waals surface area contributed by atoms with E-state index < -0.39 is 0 Å². The van der Waals surface area contributed by atoms with Crippen LogP contribution in [0.1, 0.15) is 37.7 Å². The molecule has 0 radical (unpaired) electrons. The molecule has 4 nitrogen and oxygen atoms in total. The maximum atomic E-state index is 5.40. The number of benzene rings is 1. The summed E-state index contributed by atoms with van der Waals surface area (Å²) in [7, 11) is 0. The van der Waals surface area contributed by atoms with Gasteiger partial charge in [-0.05, 0) is 61.8 Å². The van der Waals surface area contributed by atoms with Gasteiger partial charge in [0, 0.05) is 11.7 Å². The van der Waals surface area contributed by atoms with Crippen LogP contribution in [0.25, 0.3) is 0 Å². The summed E-state index contributed by atoms with van der Waals surface area (Å²) in [6.07, 6.45) is 8.14. The molecule has 0 spiro atoms. The molecule has 5 heteroatoms. The first-order chi connectivity index (χ1) is 11.7. The van der Waals surface area contributed by atoms with Gasteiger partial charge in [0.1, 0.15) is 5.82 Å². The second kappa shape index (κ2) is 8.11. The average Bonchev–Trinajstić information content (AvgIpc) is 2.57. The Labute approximate surface area is 149 Å². The van der Waals surface area contributed by atoms with Crippen LogP contribution in [0.2, 0.25) is 0 Å². The summed E-state index contributed by atoms with van der Waals surface area (Å²) < 4.78 is 0. The van der Waals surface area contributed by atoms with E-state index in [1.54, 1.807) is 6.20 Å². The van der Waals surface area contributed by atoms with Crippen molar-refractivity contribution in [1.29, 1.82) is 0 Å². The smallest absolute Gasteiger partial charge is 0.171 e. The number of rotatable bonds is 4. The van der Waals surface area contributed by atoms with Gasteiger partial charge in [-0.1, -0.05) is 31.4 Å². The largest absolute Gasteiger partial charge is 0.360 e. The Balaban J connectivity index is 1.53. The lowest BCUT2D eigenvalue weighted by Crippen LogP contribution is -2.38. The van der Waals surface area contributed by atoms with Gasteiger partial charge in [0.2, 0.25) is 0 Å². The van der Waals surface area contributed by atoms with Gasteiger partial charge in [0.25, 0.3) is 0 Å². The Morgan fingerprint density at radius 1 is 1.08 bits per heavy atom. The predicted octanol–water partition coefficient (Wildman–Crippen LogP) is 4.75. The second-order valence-corrected chi connectivity index (χ2v) is 6.77. The van der Waals surface area contributed by atoms with Crippen LogP contribution >= 0.6 is 12.2 Å². The highest BCUT2D eigenvalue weighted by Crippen LogP contribution is 2.19. The lowest BCUT2D eigenvalue weighted by atomic mass is 9.96. The van der Waals surface area contributed by atoms with Crippen LogP contribution in [0.15, 0.2) is 42.6 Å². The van der Waals surface area contributed by atoms with E-state index in [1.807, 2.05) is 24.3 Å². The molecule has 1 aliphatic rings. The maximum absolute atomic E-state index is 5.40. The van der Waals surface area contributed by atoms with Crippen molar-refractivity contribution < 1.29 is 0 Å². The molecule has 2 aromatic rings. The van der Waals surface area contributed by atoms with E-state index in [9.17, 15) is 0 Å². The number of hydrogen-bond acceptors (Lipinski definition) is 3. The number of pyridine rings is 1. The molecule has 1 saturated carbocycles. The van der Waals surface area contributed by atoms with Crippen LogP contribution in [0.5, 0.6) is 0 Å². The predicted molar refractivity (Wildman–Crippen MR) is 105 cm³/mol. The summed E-state index contributed by atoms with van der Waals surface area (Å²) in [4.78, 5) is 4.44. The summed E-state index contributed by atoms with van der Waals surface area (Å²) in [6, 6.07) is 12.7. The van der Waals surface area contributed by atoms with E-state index in [0.29, 0.717) is 11.2 Å². The first-order valence-corrected chi connectivity index (χ1v) is 8.97. The van der Waals surface area contributed by atoms with Crippen molar-refractivity contribution >= 4 is 34.5 Å². The van der Waals surface area contributed by atoms with Gasteiger partial charge in [0.15, 0.2) is 5.11 Å². The average molecular weight is 340 g/mol. The Bertz CT molecular complexity index is 678. The molecule has 24 heavy (non-hydrogen) atoms. The molecule has 1 heterocycles. The molecule has 0 atom stereocenters. The fourth-order valence-corrected chi connectivity index (χ4v) is 3.30. The number of nitrogens with zero attached hydrogens (tertiary/aromatic N) is 1. The van der Waals surface area contributed by atoms with Crippen molar-refractivity contribution in [2.24, 2.45) is 0 Å². The zero-order valence-electron chi connectivity index (χ0n) is 14.0. The fourth-order valence-electron chi connectivity index (χ4n) is 3.01. The molecule has 3 rings (SSSR count). The van der Waals surface area contributed by atoms with Gasteiger partial charge in [-0.3, -0.25) is 0 Å². The highest BCUT2D eigenvalue weighted by Gasteiger charge is 2.13. The minimum absolute atomic E-state index is 0.508. The molecule has 0 bridgehead atoms. The summed E-state index contributed by atoms with van der Waals surface area (Å²) >= 11 is 5.40. The van der Waals surface area contributed by atoms with E-state index in [1.165, 1.54) is 37.7 Å². The van der Waals surface area contributed by atoms with Crippen LogP contribution in [0.3, 0.4) is 0 Å². The lowest BCUT2D eigenvalue weighted by Gasteiger charge is -2.24. The third-order valence-electron chi connectivity index (χ3n) is 4.25. The quantitative estimate of drug-likeness (QED) is 0.701. The summed E-state index contributed by atoms with van der Waals surface area (Å²) in [5.74, 6) is 0.817. The molecule has 0 aliphatic heterocycles. The molecule has 3 N–H and O–H groups in total. The molecule has 126 valence electrons. The van der Waals surface area contributed by atoms with Gasteiger partial charge in [-0.25, -0.2) is 4.98 Å². The Morgan fingerprint density at radius 3 is 2.62 bits per heavy atom. The number of thiocarbonyl (C=S) groups is 1. The van der Waals surface area contributed by atoms with Crippen LogP contribution in [0.4, 0.5) is 17.2 Å². The van der Waals surface area contributed by atoms with Crippen LogP contribution < -0.4 is 16.0 Å². The lowest BCUT2D eigenvalue weighted by molar-refractivity contribution is 0.415. The van der Waals surface area contributed by atoms with Crippen LogP contribution in [-0.4, -0.2) is 16.1 Å². The monoisotopic (exact) mass is 340 g/mol. The molecular formula is C19H24N4S. The standard InChI is InChI=1S/C19H24N4S/c1-14-6-5-9-16(12-14)21-18-11-10-17(13-20-18)23-19(24)22-15-7-3-2-4-8-15/h5-6,9-13,15H,2-4,7-8H2,1H3,(H,20,21)(H2,22,23,24). The van der Waals surface area contributed by atoms with Gasteiger partial charge in [0.05, 0.1) is 11.9 Å². The van der Waals surface area contributed by atoms with Crippen molar-refractivity contribution in [3.8, 4) is 0 Å². The number of aromatic nitrogens is 1. The van der Waals surface area contributed by atoms with Gasteiger partial charge < -0.3 is 16.0 Å². The van der Waals surface area contributed by atoms with E-state index in [4.69, 9.17) is 12.2 Å². The number of anilines is 3. The minimum atomic E-state index is 0.508. The van der Waals surface area contributed by atoms with E-state index >= 15 is 0 Å². The van der Waals surface area contributed by atoms with Crippen molar-refractivity contribution in [2.45, 2.75) is 45.1 Å². The fraction of sp³-hybridized carbons (Fsp3) is 0.368. The summed E-state index contributed by atoms with van der Waals surface area (Å²) in [5.41, 5.74) is 3.16. The number of hydrogen-bond donors (Lipinski definition) is 3. The molecule has 1 fully saturated rings. The second-order valence-electron chi connectivity index (χ2n) is 6.36. The van der Waals surface area contributed by atoms with E-state index in [2.05, 4.69) is 40.0 Å². The Hall–Kier alpha value is -2.14. The first-order valence-electron chi connectivity index (χ1n) is 8.56. The normalized spacial score (nSPS) is 14.9. The number of nitrogens with one attached hydrogen (secondary N) is 3. The van der Waals surface area contributed by atoms with E-state index in [0.717, 1.165) is 17.2 Å². The van der Waals surface area contributed by atoms with Crippen LogP contribution in [-0.2, 0) is 0 Å². The molecule has 1 aromatic heterocycles. The van der Waals surface area contributed by atoms with Crippen LogP contribution in [0, 0.1) is 6.92 Å². The highest BCUT2D eigenvalue weighted by atomic mass is 32.1. The zero-order chi connectivity index (χ0) is 16.8. The van der Waals surface area contributed by atoms with Gasteiger partial charge >= 0.3 is 0 Å². The van der Waals surface area contributed by atoms with Gasteiger partial charge in [-0.2, -0.15) is 0 Å². The molecular weight excluding hydrogens is 316 g/mol. The maximum Gasteiger partial charge on any atom is 0.171 e. The van der Waals surface area contributed by atoms with Crippen molar-refractivity contribution in [1.82, 2.24) is 10.3 Å². The Morgan fingerprint density at radius 2 is 1.92 bits per heavy atom. The molecule has 0 amide bonds. The third-order valence-corrected chi connectivity index (χ3v) is 4.47. The number of aryl methyl sites for hydroxylation is 1. The SMILES string of the molecule is Cc1cccc(Nc2ccc(NC(=S)NC3CCCCC3)cn2)c1. The summed E-state index contributed by atoms with van der Waals surface area (Å²) in [6.45, 7) is 2.08. The Kier molecular flexibility index (Phi) is 5.64. The topological polar surface area (TPSA) is 49.0 Å². The highest BCUT2D eigenvalue weighted by molar-refractivity contribution is 7.80. The molecule has 1 aromatic carbocycles. The summed E-state index contributed by atoms with van der Waals surface area (Å²) in [5, 5.41) is 10.6. The van der Waals surface area contributed by atoms with Crippen molar-refractivity contribution in [2.75, 3.05) is 10.6 Å². The van der Waals surface area contributed by atoms with E-state index in [-0.39, 0.29) is 0 Å². The zero-order valence-corrected chi connectivity index (χ0v) is 14.8.